The van der Waals surface area contributed by atoms with Gasteiger partial charge in [-0.05, 0) is 92.3 Å². The molecule has 0 radical (unpaired) electrons. The number of carbonyl (C=O) groups is 1. The maximum Gasteiger partial charge on any atom is 0.147 e. The Balaban J connectivity index is 1.63. The van der Waals surface area contributed by atoms with Crippen molar-refractivity contribution in [3.05, 3.63) is 0 Å². The number of aliphatic hydroxyl groups excluding tert-OH is 1. The fourth-order valence-corrected chi connectivity index (χ4v) is 8.59. The highest BCUT2D eigenvalue weighted by Gasteiger charge is 2.62. The summed E-state index contributed by atoms with van der Waals surface area (Å²) in [5, 5.41) is 10.8. The molecule has 0 heterocycles. The van der Waals surface area contributed by atoms with E-state index in [1.165, 1.54) is 32.1 Å². The number of alkyl halides is 1. The molecule has 4 saturated carbocycles. The van der Waals surface area contributed by atoms with Crippen molar-refractivity contribution in [2.45, 2.75) is 70.8 Å². The highest BCUT2D eigenvalue weighted by molar-refractivity contribution is 9.09. The Labute approximate surface area is 166 Å². The lowest BCUT2D eigenvalue weighted by molar-refractivity contribution is -0.160. The standard InChI is InChI=1S/C22H35BrO3/c1-21-9-8-18-16(17(21)5-6-19(21)20(25)12-23)4-3-14-11-15(24)7-10-22(14,18)13-26-2/h14-19,24H,3-13H2,1-2H3/t14-,15+,16-,17-,18?,19+,21-,22+/m0/s1. The Hall–Kier alpha value is 0.0700. The van der Waals surface area contributed by atoms with Crippen LogP contribution in [-0.2, 0) is 9.53 Å². The number of fused-ring (bicyclic) bond motifs is 5. The Morgan fingerprint density at radius 3 is 2.65 bits per heavy atom. The average molecular weight is 427 g/mol. The molecule has 0 aromatic rings. The molecule has 0 aliphatic heterocycles. The zero-order valence-electron chi connectivity index (χ0n) is 16.4. The van der Waals surface area contributed by atoms with Crippen LogP contribution in [0.4, 0.5) is 0 Å². The molecule has 1 N–H and O–H groups in total. The van der Waals surface area contributed by atoms with Gasteiger partial charge in [0.05, 0.1) is 18.0 Å². The lowest BCUT2D eigenvalue weighted by atomic mass is 9.44. The third-order valence-corrected chi connectivity index (χ3v) is 9.82. The first-order valence-electron chi connectivity index (χ1n) is 10.7. The zero-order valence-corrected chi connectivity index (χ0v) is 18.0. The van der Waals surface area contributed by atoms with E-state index in [4.69, 9.17) is 4.74 Å². The van der Waals surface area contributed by atoms with E-state index in [0.29, 0.717) is 22.9 Å². The first kappa shape index (κ1) is 19.4. The second-order valence-electron chi connectivity index (χ2n) is 10.0. The molecule has 0 aromatic carbocycles. The van der Waals surface area contributed by atoms with E-state index in [-0.39, 0.29) is 22.9 Å². The monoisotopic (exact) mass is 426 g/mol. The number of carbonyl (C=O) groups excluding carboxylic acids is 1. The van der Waals surface area contributed by atoms with Gasteiger partial charge in [-0.25, -0.2) is 0 Å². The van der Waals surface area contributed by atoms with E-state index in [2.05, 4.69) is 22.9 Å². The average Bonchev–Trinajstić information content (AvgIpc) is 2.99. The minimum absolute atomic E-state index is 0.109. The molecule has 1 unspecified atom stereocenters. The predicted molar refractivity (Wildman–Crippen MR) is 106 cm³/mol. The fraction of sp³-hybridized carbons (Fsp3) is 0.955. The van der Waals surface area contributed by atoms with E-state index in [9.17, 15) is 9.90 Å². The Kier molecular flexibility index (Phi) is 5.33. The van der Waals surface area contributed by atoms with E-state index < -0.39 is 0 Å². The summed E-state index contributed by atoms with van der Waals surface area (Å²) in [5.41, 5.74) is 0.483. The van der Waals surface area contributed by atoms with Crippen molar-refractivity contribution in [1.82, 2.24) is 0 Å². The molecule has 8 atom stereocenters. The summed E-state index contributed by atoms with van der Waals surface area (Å²) in [5.74, 6) is 3.49. The van der Waals surface area contributed by atoms with Crippen LogP contribution in [0.15, 0.2) is 0 Å². The molecule has 3 nitrogen and oxygen atoms in total. The predicted octanol–water partition coefficient (Wildman–Crippen LogP) is 4.60. The van der Waals surface area contributed by atoms with Gasteiger partial charge in [0, 0.05) is 13.0 Å². The summed E-state index contributed by atoms with van der Waals surface area (Å²) in [4.78, 5) is 12.6. The molecule has 26 heavy (non-hydrogen) atoms. The van der Waals surface area contributed by atoms with Crippen molar-refractivity contribution < 1.29 is 14.6 Å². The summed E-state index contributed by atoms with van der Waals surface area (Å²) < 4.78 is 5.80. The van der Waals surface area contributed by atoms with Crippen LogP contribution in [0.2, 0.25) is 0 Å². The van der Waals surface area contributed by atoms with Gasteiger partial charge in [-0.1, -0.05) is 22.9 Å². The Morgan fingerprint density at radius 2 is 1.92 bits per heavy atom. The van der Waals surface area contributed by atoms with Crippen molar-refractivity contribution in [3.63, 3.8) is 0 Å². The number of halogens is 1. The highest BCUT2D eigenvalue weighted by atomic mass is 79.9. The molecule has 0 bridgehead atoms. The maximum atomic E-state index is 12.6. The van der Waals surface area contributed by atoms with Crippen LogP contribution in [0.25, 0.3) is 0 Å². The fourth-order valence-electron chi connectivity index (χ4n) is 8.20. The van der Waals surface area contributed by atoms with Gasteiger partial charge in [-0.15, -0.1) is 0 Å². The first-order valence-corrected chi connectivity index (χ1v) is 11.8. The number of rotatable bonds is 4. The van der Waals surface area contributed by atoms with Crippen LogP contribution in [-0.4, -0.2) is 36.0 Å². The molecule has 4 aliphatic rings. The van der Waals surface area contributed by atoms with Gasteiger partial charge in [-0.3, -0.25) is 4.79 Å². The highest BCUT2D eigenvalue weighted by Crippen LogP contribution is 2.67. The van der Waals surface area contributed by atoms with Crippen LogP contribution in [0, 0.1) is 40.4 Å². The van der Waals surface area contributed by atoms with Crippen LogP contribution in [0.5, 0.6) is 0 Å². The number of Topliss-reactive ketones (excluding diaryl/α,β-unsaturated/α-hetero) is 1. The molecular weight excluding hydrogens is 392 g/mol. The van der Waals surface area contributed by atoms with Gasteiger partial charge < -0.3 is 9.84 Å². The lowest BCUT2D eigenvalue weighted by Crippen LogP contribution is -2.57. The van der Waals surface area contributed by atoms with Crippen molar-refractivity contribution in [2.75, 3.05) is 19.0 Å². The normalized spacial score (nSPS) is 50.6. The molecule has 0 amide bonds. The minimum atomic E-state index is -0.109. The van der Waals surface area contributed by atoms with Crippen molar-refractivity contribution in [3.8, 4) is 0 Å². The van der Waals surface area contributed by atoms with Crippen LogP contribution < -0.4 is 0 Å². The number of methoxy groups -OCH3 is 1. The molecule has 148 valence electrons. The maximum absolute atomic E-state index is 12.6. The molecule has 4 heteroatoms. The molecule has 0 spiro atoms. The quantitative estimate of drug-likeness (QED) is 0.668. The van der Waals surface area contributed by atoms with Crippen LogP contribution in [0.3, 0.4) is 0 Å². The summed E-state index contributed by atoms with van der Waals surface area (Å²) >= 11 is 3.42. The molecule has 4 rings (SSSR count). The number of hydrogen-bond acceptors (Lipinski definition) is 3. The topological polar surface area (TPSA) is 46.5 Å². The van der Waals surface area contributed by atoms with E-state index in [1.807, 2.05) is 7.11 Å². The zero-order chi connectivity index (χ0) is 18.5. The Bertz CT molecular complexity index is 552. The third kappa shape index (κ3) is 2.76. The number of ketones is 1. The van der Waals surface area contributed by atoms with Crippen molar-refractivity contribution >= 4 is 21.7 Å². The van der Waals surface area contributed by atoms with Gasteiger partial charge in [0.25, 0.3) is 0 Å². The molecule has 0 aromatic heterocycles. The van der Waals surface area contributed by atoms with Crippen LogP contribution in [0.1, 0.15) is 64.7 Å². The summed E-state index contributed by atoms with van der Waals surface area (Å²) in [7, 11) is 1.85. The van der Waals surface area contributed by atoms with E-state index in [0.717, 1.165) is 44.1 Å². The summed E-state index contributed by atoms with van der Waals surface area (Å²) in [6, 6.07) is 0. The van der Waals surface area contributed by atoms with E-state index >= 15 is 0 Å². The molecule has 4 aliphatic carbocycles. The SMILES string of the molecule is COC[C@]12CC[C@@H](O)C[C@@H]1CC[C@@H]1C2CC[C@]2(C)[C@@H](C(=O)CBr)CC[C@@H]12. The number of hydrogen-bond donors (Lipinski definition) is 1. The van der Waals surface area contributed by atoms with E-state index in [1.54, 1.807) is 0 Å². The van der Waals surface area contributed by atoms with Gasteiger partial charge in [0.2, 0.25) is 0 Å². The van der Waals surface area contributed by atoms with Gasteiger partial charge in [-0.2, -0.15) is 0 Å². The number of ether oxygens (including phenoxy) is 1. The smallest absolute Gasteiger partial charge is 0.147 e. The Morgan fingerprint density at radius 1 is 1.12 bits per heavy atom. The lowest BCUT2D eigenvalue weighted by Gasteiger charge is -2.61. The summed E-state index contributed by atoms with van der Waals surface area (Å²) in [6.45, 7) is 3.28. The summed E-state index contributed by atoms with van der Waals surface area (Å²) in [6.07, 6.45) is 10.2. The van der Waals surface area contributed by atoms with Gasteiger partial charge in [0.1, 0.15) is 5.78 Å². The second-order valence-corrected chi connectivity index (χ2v) is 10.6. The second kappa shape index (κ2) is 7.15. The largest absolute Gasteiger partial charge is 0.393 e. The minimum Gasteiger partial charge on any atom is -0.393 e. The van der Waals surface area contributed by atoms with Crippen molar-refractivity contribution in [2.24, 2.45) is 40.4 Å². The molecular formula is C22H35BrO3. The first-order chi connectivity index (χ1) is 12.5. The number of aliphatic hydroxyl groups is 1. The third-order valence-electron chi connectivity index (χ3n) is 9.27. The van der Waals surface area contributed by atoms with Crippen LogP contribution >= 0.6 is 15.9 Å². The van der Waals surface area contributed by atoms with Gasteiger partial charge >= 0.3 is 0 Å². The molecule has 4 fully saturated rings. The van der Waals surface area contributed by atoms with Gasteiger partial charge in [0.15, 0.2) is 0 Å². The molecule has 0 saturated heterocycles. The van der Waals surface area contributed by atoms with Crippen molar-refractivity contribution in [1.29, 1.82) is 0 Å².